The van der Waals surface area contributed by atoms with Crippen LogP contribution in [0.15, 0.2) is 0 Å². The van der Waals surface area contributed by atoms with Gasteiger partial charge < -0.3 is 10.6 Å². The molecule has 2 aliphatic rings. The minimum Gasteiger partial charge on any atom is -0.354 e. The van der Waals surface area contributed by atoms with Gasteiger partial charge in [-0.05, 0) is 51.6 Å². The minimum atomic E-state index is 0.0469. The van der Waals surface area contributed by atoms with E-state index in [4.69, 9.17) is 0 Å². The fourth-order valence-electron chi connectivity index (χ4n) is 2.93. The molecule has 0 spiro atoms. The van der Waals surface area contributed by atoms with E-state index in [1.165, 1.54) is 12.8 Å². The number of hydrogen-bond acceptors (Lipinski definition) is 3. The number of hydrogen-bond donors (Lipinski definition) is 2. The number of rotatable bonds is 4. The second kappa shape index (κ2) is 7.52. The van der Waals surface area contributed by atoms with E-state index in [9.17, 15) is 4.79 Å². The molecule has 2 aliphatic heterocycles. The first kappa shape index (κ1) is 14.4. The van der Waals surface area contributed by atoms with Crippen LogP contribution < -0.4 is 10.6 Å². The third kappa shape index (κ3) is 4.52. The molecule has 2 atom stereocenters. The van der Waals surface area contributed by atoms with Crippen molar-refractivity contribution in [2.75, 3.05) is 32.7 Å². The van der Waals surface area contributed by atoms with Crippen LogP contribution in [0.4, 0.5) is 0 Å². The van der Waals surface area contributed by atoms with Gasteiger partial charge in [-0.3, -0.25) is 9.69 Å². The maximum absolute atomic E-state index is 11.9. The molecule has 0 bridgehead atoms. The fraction of sp³-hybridized carbons (Fsp3) is 0.800. The lowest BCUT2D eigenvalue weighted by Crippen LogP contribution is -2.45. The highest BCUT2D eigenvalue weighted by atomic mass is 16.2. The summed E-state index contributed by atoms with van der Waals surface area (Å²) < 4.78 is 0. The maximum Gasteiger partial charge on any atom is 0.237 e. The minimum absolute atomic E-state index is 0.0469. The lowest BCUT2D eigenvalue weighted by molar-refractivity contribution is -0.123. The van der Waals surface area contributed by atoms with Gasteiger partial charge in [0, 0.05) is 13.1 Å². The van der Waals surface area contributed by atoms with Crippen LogP contribution in [0.25, 0.3) is 0 Å². The topological polar surface area (TPSA) is 44.4 Å². The number of nitrogens with one attached hydrogen (secondary N) is 2. The van der Waals surface area contributed by atoms with E-state index in [-0.39, 0.29) is 11.9 Å². The van der Waals surface area contributed by atoms with E-state index in [0.717, 1.165) is 45.6 Å². The Labute approximate surface area is 116 Å². The third-order valence-corrected chi connectivity index (χ3v) is 4.02. The van der Waals surface area contributed by atoms with Crippen molar-refractivity contribution in [1.82, 2.24) is 15.5 Å². The standard InChI is InChI=1S/C15H25N3O/c1-2-3-9-18-10-5-6-13(12-18)11-17-15(19)14-7-4-8-16-14/h13-14,16H,4-12H2,1H3,(H,17,19). The number of amides is 1. The van der Waals surface area contributed by atoms with Gasteiger partial charge in [-0.25, -0.2) is 0 Å². The van der Waals surface area contributed by atoms with Crippen LogP contribution in [0, 0.1) is 17.8 Å². The molecular weight excluding hydrogens is 238 g/mol. The first-order valence-electron chi connectivity index (χ1n) is 7.42. The summed E-state index contributed by atoms with van der Waals surface area (Å²) in [5, 5.41) is 6.35. The molecule has 0 aliphatic carbocycles. The summed E-state index contributed by atoms with van der Waals surface area (Å²) in [5.74, 6) is 6.84. The molecule has 0 aromatic heterocycles. The van der Waals surface area contributed by atoms with E-state index in [0.29, 0.717) is 5.92 Å². The van der Waals surface area contributed by atoms with Gasteiger partial charge in [0.2, 0.25) is 5.91 Å². The molecule has 2 N–H and O–H groups in total. The van der Waals surface area contributed by atoms with Crippen LogP contribution in [0.5, 0.6) is 0 Å². The van der Waals surface area contributed by atoms with Crippen molar-refractivity contribution in [1.29, 1.82) is 0 Å². The van der Waals surface area contributed by atoms with Gasteiger partial charge in [-0.2, -0.15) is 0 Å². The number of carbonyl (C=O) groups excluding carboxylic acids is 1. The van der Waals surface area contributed by atoms with Gasteiger partial charge in [-0.1, -0.05) is 5.92 Å². The molecule has 2 heterocycles. The zero-order valence-electron chi connectivity index (χ0n) is 11.9. The average Bonchev–Trinajstić information content (AvgIpc) is 2.97. The molecular formula is C15H25N3O. The summed E-state index contributed by atoms with van der Waals surface area (Å²) in [5.41, 5.74) is 0. The number of likely N-dealkylation sites (tertiary alicyclic amines) is 1. The molecule has 19 heavy (non-hydrogen) atoms. The quantitative estimate of drug-likeness (QED) is 0.730. The van der Waals surface area contributed by atoms with Gasteiger partial charge in [0.25, 0.3) is 0 Å². The highest BCUT2D eigenvalue weighted by Crippen LogP contribution is 2.15. The molecule has 0 aromatic rings. The molecule has 4 heteroatoms. The van der Waals surface area contributed by atoms with E-state index in [1.807, 2.05) is 6.92 Å². The first-order valence-corrected chi connectivity index (χ1v) is 7.42. The lowest BCUT2D eigenvalue weighted by Gasteiger charge is -2.31. The van der Waals surface area contributed by atoms with Crippen molar-refractivity contribution in [3.63, 3.8) is 0 Å². The fourth-order valence-corrected chi connectivity index (χ4v) is 2.93. The Morgan fingerprint density at radius 1 is 1.42 bits per heavy atom. The lowest BCUT2D eigenvalue weighted by atomic mass is 9.98. The van der Waals surface area contributed by atoms with Crippen molar-refractivity contribution < 1.29 is 4.79 Å². The average molecular weight is 263 g/mol. The third-order valence-electron chi connectivity index (χ3n) is 4.02. The van der Waals surface area contributed by atoms with Gasteiger partial charge in [0.15, 0.2) is 0 Å². The van der Waals surface area contributed by atoms with E-state index < -0.39 is 0 Å². The molecule has 2 rings (SSSR count). The van der Waals surface area contributed by atoms with Crippen LogP contribution in [0.2, 0.25) is 0 Å². The second-order valence-corrected chi connectivity index (χ2v) is 5.56. The summed E-state index contributed by atoms with van der Waals surface area (Å²) in [4.78, 5) is 14.3. The van der Waals surface area contributed by atoms with E-state index in [2.05, 4.69) is 27.4 Å². The molecule has 4 nitrogen and oxygen atoms in total. The second-order valence-electron chi connectivity index (χ2n) is 5.56. The molecule has 2 unspecified atom stereocenters. The molecule has 2 saturated heterocycles. The monoisotopic (exact) mass is 263 g/mol. The smallest absolute Gasteiger partial charge is 0.237 e. The zero-order valence-corrected chi connectivity index (χ0v) is 11.9. The van der Waals surface area contributed by atoms with Crippen LogP contribution >= 0.6 is 0 Å². The van der Waals surface area contributed by atoms with E-state index >= 15 is 0 Å². The molecule has 0 saturated carbocycles. The Hall–Kier alpha value is -1.05. The zero-order chi connectivity index (χ0) is 13.5. The Kier molecular flexibility index (Phi) is 5.68. The summed E-state index contributed by atoms with van der Waals surface area (Å²) in [6.45, 7) is 6.75. The highest BCUT2D eigenvalue weighted by molar-refractivity contribution is 5.81. The SMILES string of the molecule is CC#CCN1CCCC(CNC(=O)C2CCCN2)C1. The van der Waals surface area contributed by atoms with Crippen LogP contribution in [0.3, 0.4) is 0 Å². The normalized spacial score (nSPS) is 27.6. The molecule has 1 amide bonds. The number of carbonyl (C=O) groups is 1. The molecule has 106 valence electrons. The Morgan fingerprint density at radius 2 is 2.32 bits per heavy atom. The number of piperidine rings is 1. The summed E-state index contributed by atoms with van der Waals surface area (Å²) in [7, 11) is 0. The summed E-state index contributed by atoms with van der Waals surface area (Å²) in [6.07, 6.45) is 4.53. The highest BCUT2D eigenvalue weighted by Gasteiger charge is 2.24. The first-order chi connectivity index (χ1) is 9.29. The van der Waals surface area contributed by atoms with E-state index in [1.54, 1.807) is 0 Å². The van der Waals surface area contributed by atoms with Gasteiger partial charge in [-0.15, -0.1) is 5.92 Å². The van der Waals surface area contributed by atoms with Crippen LogP contribution in [0.1, 0.15) is 32.6 Å². The predicted octanol–water partition coefficient (Wildman–Crippen LogP) is 0.590. The Morgan fingerprint density at radius 3 is 3.05 bits per heavy atom. The number of nitrogens with zero attached hydrogens (tertiary/aromatic N) is 1. The molecule has 2 fully saturated rings. The summed E-state index contributed by atoms with van der Waals surface area (Å²) >= 11 is 0. The van der Waals surface area contributed by atoms with Gasteiger partial charge >= 0.3 is 0 Å². The van der Waals surface area contributed by atoms with Gasteiger partial charge in [0.05, 0.1) is 12.6 Å². The van der Waals surface area contributed by atoms with Crippen molar-refractivity contribution in [2.45, 2.75) is 38.6 Å². The van der Waals surface area contributed by atoms with Crippen LogP contribution in [-0.2, 0) is 4.79 Å². The van der Waals surface area contributed by atoms with Crippen LogP contribution in [-0.4, -0.2) is 49.6 Å². The van der Waals surface area contributed by atoms with Crippen molar-refractivity contribution >= 4 is 5.91 Å². The largest absolute Gasteiger partial charge is 0.354 e. The Balaban J connectivity index is 1.69. The van der Waals surface area contributed by atoms with Gasteiger partial charge in [0.1, 0.15) is 0 Å². The maximum atomic E-state index is 11.9. The van der Waals surface area contributed by atoms with Crippen molar-refractivity contribution in [3.05, 3.63) is 0 Å². The molecule has 0 aromatic carbocycles. The molecule has 0 radical (unpaired) electrons. The summed E-state index contributed by atoms with van der Waals surface area (Å²) in [6, 6.07) is 0.0469. The van der Waals surface area contributed by atoms with Crippen molar-refractivity contribution in [2.24, 2.45) is 5.92 Å². The Bertz CT molecular complexity index is 352. The predicted molar refractivity (Wildman–Crippen MR) is 76.6 cm³/mol. The van der Waals surface area contributed by atoms with Crippen molar-refractivity contribution in [3.8, 4) is 11.8 Å².